The summed E-state index contributed by atoms with van der Waals surface area (Å²) in [5, 5.41) is 13.2. The zero-order chi connectivity index (χ0) is 12.8. The van der Waals surface area contributed by atoms with Crippen molar-refractivity contribution < 1.29 is 5.11 Å². The smallest absolute Gasteiger partial charge is 0.141 e. The fraction of sp³-hybridized carbons (Fsp3) is 0.545. The van der Waals surface area contributed by atoms with Gasteiger partial charge in [-0.05, 0) is 6.92 Å². The van der Waals surface area contributed by atoms with E-state index in [1.807, 2.05) is 11.6 Å². The van der Waals surface area contributed by atoms with Crippen LogP contribution in [-0.4, -0.2) is 47.9 Å². The highest BCUT2D eigenvalue weighted by Gasteiger charge is 2.11. The molecule has 0 aliphatic rings. The number of imidazole rings is 1. The summed E-state index contributed by atoms with van der Waals surface area (Å²) in [6, 6.07) is 0. The highest BCUT2D eigenvalue weighted by atomic mass is 16.3. The van der Waals surface area contributed by atoms with Crippen LogP contribution in [0.2, 0.25) is 0 Å². The lowest BCUT2D eigenvalue weighted by molar-refractivity contribution is 0.176. The minimum Gasteiger partial charge on any atom is -0.395 e. The molecule has 2 rings (SSSR count). The van der Waals surface area contributed by atoms with Crippen molar-refractivity contribution in [2.45, 2.75) is 26.6 Å². The van der Waals surface area contributed by atoms with E-state index in [1.165, 1.54) is 0 Å². The van der Waals surface area contributed by atoms with Gasteiger partial charge >= 0.3 is 0 Å². The predicted molar refractivity (Wildman–Crippen MR) is 65.5 cm³/mol. The second kappa shape index (κ2) is 6.27. The lowest BCUT2D eigenvalue weighted by Gasteiger charge is -2.19. The second-order valence-corrected chi connectivity index (χ2v) is 3.96. The number of H-pyrrole nitrogens is 1. The van der Waals surface area contributed by atoms with Crippen molar-refractivity contribution in [3.05, 3.63) is 30.4 Å². The molecule has 2 heterocycles. The molecule has 0 bridgehead atoms. The Labute approximate surface area is 105 Å². The van der Waals surface area contributed by atoms with E-state index in [-0.39, 0.29) is 6.61 Å². The molecule has 2 aromatic rings. The molecule has 7 nitrogen and oxygen atoms in total. The minimum atomic E-state index is 0.112. The van der Waals surface area contributed by atoms with Crippen molar-refractivity contribution in [2.24, 2.45) is 0 Å². The average molecular weight is 250 g/mol. The van der Waals surface area contributed by atoms with Crippen LogP contribution < -0.4 is 0 Å². The monoisotopic (exact) mass is 250 g/mol. The number of nitrogens with zero attached hydrogens (tertiary/aromatic N) is 5. The van der Waals surface area contributed by atoms with Crippen LogP contribution in [0.3, 0.4) is 0 Å². The molecule has 0 saturated heterocycles. The molecule has 0 atom stereocenters. The van der Waals surface area contributed by atoms with E-state index < -0.39 is 0 Å². The first kappa shape index (κ1) is 12.7. The maximum atomic E-state index is 9.11. The van der Waals surface area contributed by atoms with Crippen LogP contribution in [0.1, 0.15) is 18.6 Å². The fourth-order valence-electron chi connectivity index (χ4n) is 1.83. The summed E-state index contributed by atoms with van der Waals surface area (Å²) in [5.74, 6) is 1.78. The molecule has 7 heteroatoms. The third-order valence-electron chi connectivity index (χ3n) is 2.70. The Morgan fingerprint density at radius 3 is 2.94 bits per heavy atom. The molecule has 98 valence electrons. The minimum absolute atomic E-state index is 0.112. The Bertz CT molecular complexity index is 452. The van der Waals surface area contributed by atoms with E-state index in [2.05, 4.69) is 25.0 Å². The first-order valence-electron chi connectivity index (χ1n) is 6.01. The largest absolute Gasteiger partial charge is 0.395 e. The van der Waals surface area contributed by atoms with Gasteiger partial charge < -0.3 is 10.1 Å². The number of aryl methyl sites for hydroxylation is 1. The normalized spacial score (nSPS) is 11.3. The predicted octanol–water partition coefficient (Wildman–Crippen LogP) is 0.0156. The van der Waals surface area contributed by atoms with Gasteiger partial charge in [-0.15, -0.1) is 0 Å². The molecule has 0 aromatic carbocycles. The summed E-state index contributed by atoms with van der Waals surface area (Å²) in [6.45, 7) is 4.82. The fourth-order valence-corrected chi connectivity index (χ4v) is 1.83. The summed E-state index contributed by atoms with van der Waals surface area (Å²) in [6.07, 6.45) is 5.07. The van der Waals surface area contributed by atoms with Crippen LogP contribution in [0.25, 0.3) is 0 Å². The summed E-state index contributed by atoms with van der Waals surface area (Å²) < 4.78 is 1.85. The summed E-state index contributed by atoms with van der Waals surface area (Å²) in [4.78, 5) is 13.6. The van der Waals surface area contributed by atoms with Crippen molar-refractivity contribution >= 4 is 0 Å². The molecule has 2 N–H and O–H groups in total. The maximum Gasteiger partial charge on any atom is 0.141 e. The van der Waals surface area contributed by atoms with Gasteiger partial charge in [-0.2, -0.15) is 5.10 Å². The topological polar surface area (TPSA) is 82.9 Å². The zero-order valence-corrected chi connectivity index (χ0v) is 10.5. The number of aliphatic hydroxyl groups excluding tert-OH is 1. The maximum absolute atomic E-state index is 9.11. The molecular formula is C11H18N6O. The third-order valence-corrected chi connectivity index (χ3v) is 2.70. The summed E-state index contributed by atoms with van der Waals surface area (Å²) >= 11 is 0. The molecule has 0 aliphatic heterocycles. The Morgan fingerprint density at radius 1 is 1.39 bits per heavy atom. The number of rotatable bonds is 7. The van der Waals surface area contributed by atoms with Crippen LogP contribution in [0.5, 0.6) is 0 Å². The molecular weight excluding hydrogens is 232 g/mol. The standard InChI is InChI=1S/C11H18N6O/c1-2-17-11(14-9-15-17)8-16(5-6-18)7-10-12-3-4-13-10/h3-4,9,18H,2,5-8H2,1H3,(H,12,13). The number of hydrogen-bond donors (Lipinski definition) is 2. The van der Waals surface area contributed by atoms with Crippen molar-refractivity contribution in [1.29, 1.82) is 0 Å². The van der Waals surface area contributed by atoms with E-state index in [0.717, 1.165) is 18.2 Å². The number of aromatic amines is 1. The summed E-state index contributed by atoms with van der Waals surface area (Å²) in [7, 11) is 0. The van der Waals surface area contributed by atoms with Gasteiger partial charge in [0.2, 0.25) is 0 Å². The van der Waals surface area contributed by atoms with Crippen LogP contribution >= 0.6 is 0 Å². The van der Waals surface area contributed by atoms with Crippen molar-refractivity contribution in [3.63, 3.8) is 0 Å². The van der Waals surface area contributed by atoms with Crippen molar-refractivity contribution in [1.82, 2.24) is 29.6 Å². The molecule has 0 aliphatic carbocycles. The number of hydrogen-bond acceptors (Lipinski definition) is 5. The lowest BCUT2D eigenvalue weighted by Crippen LogP contribution is -2.28. The first-order chi connectivity index (χ1) is 8.83. The van der Waals surface area contributed by atoms with E-state index >= 15 is 0 Å². The van der Waals surface area contributed by atoms with Crippen LogP contribution in [0.15, 0.2) is 18.7 Å². The van der Waals surface area contributed by atoms with Gasteiger partial charge in [0.15, 0.2) is 0 Å². The number of aromatic nitrogens is 5. The SMILES string of the molecule is CCn1ncnc1CN(CCO)Cc1ncc[nH]1. The van der Waals surface area contributed by atoms with E-state index in [0.29, 0.717) is 19.6 Å². The molecule has 0 unspecified atom stereocenters. The summed E-state index contributed by atoms with van der Waals surface area (Å²) in [5.41, 5.74) is 0. The number of nitrogens with one attached hydrogen (secondary N) is 1. The van der Waals surface area contributed by atoms with Gasteiger partial charge in [-0.1, -0.05) is 0 Å². The molecule has 0 fully saturated rings. The Hall–Kier alpha value is -1.73. The van der Waals surface area contributed by atoms with Crippen LogP contribution in [0.4, 0.5) is 0 Å². The molecule has 0 saturated carbocycles. The Kier molecular flexibility index (Phi) is 4.43. The molecule has 2 aromatic heterocycles. The first-order valence-corrected chi connectivity index (χ1v) is 6.01. The molecule has 0 spiro atoms. The van der Waals surface area contributed by atoms with Crippen LogP contribution in [0, 0.1) is 0 Å². The molecule has 18 heavy (non-hydrogen) atoms. The Morgan fingerprint density at radius 2 is 2.28 bits per heavy atom. The van der Waals surface area contributed by atoms with Gasteiger partial charge in [0.1, 0.15) is 18.0 Å². The van der Waals surface area contributed by atoms with Gasteiger partial charge in [0, 0.05) is 25.5 Å². The number of aliphatic hydroxyl groups is 1. The van der Waals surface area contributed by atoms with E-state index in [4.69, 9.17) is 5.11 Å². The van der Waals surface area contributed by atoms with Crippen LogP contribution in [-0.2, 0) is 19.6 Å². The van der Waals surface area contributed by atoms with Gasteiger partial charge in [0.05, 0.1) is 19.7 Å². The molecule has 0 radical (unpaired) electrons. The van der Waals surface area contributed by atoms with Gasteiger partial charge in [-0.3, -0.25) is 4.90 Å². The highest BCUT2D eigenvalue weighted by Crippen LogP contribution is 2.05. The van der Waals surface area contributed by atoms with E-state index in [1.54, 1.807) is 18.7 Å². The quantitative estimate of drug-likeness (QED) is 0.723. The van der Waals surface area contributed by atoms with Gasteiger partial charge in [0.25, 0.3) is 0 Å². The third kappa shape index (κ3) is 3.14. The highest BCUT2D eigenvalue weighted by molar-refractivity contribution is 4.90. The van der Waals surface area contributed by atoms with Crippen molar-refractivity contribution in [3.8, 4) is 0 Å². The van der Waals surface area contributed by atoms with Crippen molar-refractivity contribution in [2.75, 3.05) is 13.2 Å². The van der Waals surface area contributed by atoms with E-state index in [9.17, 15) is 0 Å². The Balaban J connectivity index is 2.01. The molecule has 0 amide bonds. The second-order valence-electron chi connectivity index (χ2n) is 3.96. The average Bonchev–Trinajstić information content (AvgIpc) is 3.00. The van der Waals surface area contributed by atoms with Gasteiger partial charge in [-0.25, -0.2) is 14.6 Å². The zero-order valence-electron chi connectivity index (χ0n) is 10.5. The lowest BCUT2D eigenvalue weighted by atomic mass is 10.4.